The molecule has 0 fully saturated rings. The second-order valence-electron chi connectivity index (χ2n) is 6.05. The van der Waals surface area contributed by atoms with E-state index in [4.69, 9.17) is 9.84 Å². The Balaban J connectivity index is 2.38. The van der Waals surface area contributed by atoms with Crippen LogP contribution in [0.4, 0.5) is 13.2 Å². The van der Waals surface area contributed by atoms with Crippen LogP contribution >= 0.6 is 0 Å². The van der Waals surface area contributed by atoms with Crippen molar-refractivity contribution < 1.29 is 23.0 Å². The van der Waals surface area contributed by atoms with Gasteiger partial charge < -0.3 is 15.2 Å². The number of hydrogen-bond donors (Lipinski definition) is 2. The van der Waals surface area contributed by atoms with Gasteiger partial charge in [0.05, 0.1) is 12.2 Å². The number of fused-ring (bicyclic) bond motifs is 1. The van der Waals surface area contributed by atoms with Gasteiger partial charge in [-0.15, -0.1) is 0 Å². The summed E-state index contributed by atoms with van der Waals surface area (Å²) in [5.74, 6) is 0.439. The van der Waals surface area contributed by atoms with Crippen molar-refractivity contribution in [3.8, 4) is 5.75 Å². The van der Waals surface area contributed by atoms with Crippen LogP contribution in [-0.4, -0.2) is 29.9 Å². The molecule has 1 aliphatic heterocycles. The van der Waals surface area contributed by atoms with Crippen molar-refractivity contribution in [3.63, 3.8) is 0 Å². The number of benzene rings is 1. The van der Waals surface area contributed by atoms with Gasteiger partial charge >= 0.3 is 6.18 Å². The van der Waals surface area contributed by atoms with E-state index in [-0.39, 0.29) is 12.6 Å². The summed E-state index contributed by atoms with van der Waals surface area (Å²) < 4.78 is 44.4. The topological polar surface area (TPSA) is 41.5 Å². The van der Waals surface area contributed by atoms with Crippen LogP contribution in [-0.2, 0) is 6.18 Å². The number of aliphatic hydroxyl groups excluding tert-OH is 1. The number of halogens is 3. The Kier molecular flexibility index (Phi) is 4.54. The highest BCUT2D eigenvalue weighted by Crippen LogP contribution is 2.39. The van der Waals surface area contributed by atoms with Crippen LogP contribution in [0.5, 0.6) is 5.75 Å². The molecule has 0 unspecified atom stereocenters. The second kappa shape index (κ2) is 5.93. The number of nitrogens with one attached hydrogen (secondary N) is 1. The molecule has 0 bridgehead atoms. The largest absolute Gasteiger partial charge is 0.483 e. The van der Waals surface area contributed by atoms with Gasteiger partial charge in [-0.05, 0) is 50.6 Å². The third-order valence-corrected chi connectivity index (χ3v) is 3.46. The van der Waals surface area contributed by atoms with Crippen LogP contribution in [0.3, 0.4) is 0 Å². The van der Waals surface area contributed by atoms with Gasteiger partial charge in [0, 0.05) is 18.2 Å². The molecule has 0 aromatic heterocycles. The first-order valence-corrected chi connectivity index (χ1v) is 7.09. The van der Waals surface area contributed by atoms with Crippen molar-refractivity contribution in [2.75, 3.05) is 13.2 Å². The van der Waals surface area contributed by atoms with Crippen LogP contribution in [0.1, 0.15) is 31.9 Å². The fraction of sp³-hybridized carbons (Fsp3) is 0.500. The Morgan fingerprint density at radius 3 is 2.59 bits per heavy atom. The fourth-order valence-corrected chi connectivity index (χ4v) is 2.35. The summed E-state index contributed by atoms with van der Waals surface area (Å²) in [6.07, 6.45) is -2.58. The van der Waals surface area contributed by atoms with Crippen LogP contribution in [0, 0.1) is 0 Å². The Labute approximate surface area is 127 Å². The molecule has 0 amide bonds. The third-order valence-electron chi connectivity index (χ3n) is 3.46. The first-order chi connectivity index (χ1) is 10.1. The van der Waals surface area contributed by atoms with Crippen LogP contribution in [0.15, 0.2) is 24.3 Å². The van der Waals surface area contributed by atoms with Gasteiger partial charge in [-0.1, -0.05) is 0 Å². The van der Waals surface area contributed by atoms with Gasteiger partial charge in [0.25, 0.3) is 0 Å². The fourth-order valence-electron chi connectivity index (χ4n) is 2.35. The van der Waals surface area contributed by atoms with E-state index in [0.717, 1.165) is 17.7 Å². The van der Waals surface area contributed by atoms with Gasteiger partial charge in [0.1, 0.15) is 11.4 Å². The molecule has 0 radical (unpaired) electrons. The number of rotatable bonds is 4. The lowest BCUT2D eigenvalue weighted by molar-refractivity contribution is -0.137. The number of aliphatic hydroxyl groups is 1. The summed E-state index contributed by atoms with van der Waals surface area (Å²) in [5, 5.41) is 12.1. The molecule has 0 spiro atoms. The minimum absolute atomic E-state index is 0.0391. The molecule has 3 nitrogen and oxygen atoms in total. The molecule has 22 heavy (non-hydrogen) atoms. The molecular weight excluding hydrogens is 295 g/mol. The summed E-state index contributed by atoms with van der Waals surface area (Å²) in [6, 6.07) is 3.37. The molecule has 1 heterocycles. The Bertz CT molecular complexity index is 579. The predicted octanol–water partition coefficient (Wildman–Crippen LogP) is 3.23. The standard InChI is InChI=1S/C16H20F3NO2/c1-10(9-21)20-8-11-7-15(2,3)22-14-5-4-12(6-13(11)14)16(17,18)19/h4-7,10,20-21H,8-9H2,1-3H3/t10-/m1/s1. The van der Waals surface area contributed by atoms with E-state index in [9.17, 15) is 13.2 Å². The van der Waals surface area contributed by atoms with Gasteiger partial charge in [-0.3, -0.25) is 0 Å². The molecule has 2 rings (SSSR count). The molecule has 2 N–H and O–H groups in total. The van der Waals surface area contributed by atoms with Crippen LogP contribution in [0.25, 0.3) is 5.57 Å². The summed E-state index contributed by atoms with van der Waals surface area (Å²) in [4.78, 5) is 0. The Morgan fingerprint density at radius 1 is 1.32 bits per heavy atom. The quantitative estimate of drug-likeness (QED) is 0.896. The smallest absolute Gasteiger partial charge is 0.416 e. The molecule has 1 aliphatic rings. The van der Waals surface area contributed by atoms with E-state index in [1.165, 1.54) is 6.07 Å². The third kappa shape index (κ3) is 3.81. The number of ether oxygens (including phenoxy) is 1. The van der Waals surface area contributed by atoms with E-state index in [2.05, 4.69) is 5.32 Å². The van der Waals surface area contributed by atoms with E-state index >= 15 is 0 Å². The lowest BCUT2D eigenvalue weighted by Gasteiger charge is -2.32. The van der Waals surface area contributed by atoms with Crippen molar-refractivity contribution in [1.82, 2.24) is 5.32 Å². The second-order valence-corrected chi connectivity index (χ2v) is 6.05. The molecule has 6 heteroatoms. The summed E-state index contributed by atoms with van der Waals surface area (Å²) in [5.41, 5.74) is -0.119. The summed E-state index contributed by atoms with van der Waals surface area (Å²) in [7, 11) is 0. The highest BCUT2D eigenvalue weighted by atomic mass is 19.4. The van der Waals surface area contributed by atoms with E-state index < -0.39 is 17.3 Å². The first kappa shape index (κ1) is 16.8. The molecule has 0 aliphatic carbocycles. The Hall–Kier alpha value is -1.53. The average molecular weight is 315 g/mol. The van der Waals surface area contributed by atoms with Crippen LogP contribution in [0.2, 0.25) is 0 Å². The highest BCUT2D eigenvalue weighted by molar-refractivity contribution is 5.75. The van der Waals surface area contributed by atoms with Crippen molar-refractivity contribution in [3.05, 3.63) is 35.4 Å². The maximum absolute atomic E-state index is 12.9. The zero-order valence-corrected chi connectivity index (χ0v) is 12.8. The molecular formula is C16H20F3NO2. The van der Waals surface area contributed by atoms with E-state index in [1.807, 2.05) is 19.9 Å². The van der Waals surface area contributed by atoms with Gasteiger partial charge in [0.2, 0.25) is 0 Å². The lowest BCUT2D eigenvalue weighted by Crippen LogP contribution is -2.34. The molecule has 122 valence electrons. The first-order valence-electron chi connectivity index (χ1n) is 7.09. The van der Waals surface area contributed by atoms with Crippen molar-refractivity contribution in [2.24, 2.45) is 0 Å². The summed E-state index contributed by atoms with van der Waals surface area (Å²) >= 11 is 0. The zero-order chi connectivity index (χ0) is 16.5. The van der Waals surface area contributed by atoms with Crippen molar-refractivity contribution in [2.45, 2.75) is 38.6 Å². The lowest BCUT2D eigenvalue weighted by atomic mass is 9.93. The maximum atomic E-state index is 12.9. The SMILES string of the molecule is C[C@H](CO)NCC1=CC(C)(C)Oc2ccc(C(F)(F)F)cc21. The molecule has 0 saturated carbocycles. The van der Waals surface area contributed by atoms with Gasteiger partial charge in [-0.25, -0.2) is 0 Å². The van der Waals surface area contributed by atoms with E-state index in [1.54, 1.807) is 6.92 Å². The van der Waals surface area contributed by atoms with Crippen molar-refractivity contribution >= 4 is 5.57 Å². The van der Waals surface area contributed by atoms with Gasteiger partial charge in [0.15, 0.2) is 0 Å². The number of hydrogen-bond acceptors (Lipinski definition) is 3. The van der Waals surface area contributed by atoms with Crippen molar-refractivity contribution in [1.29, 1.82) is 0 Å². The molecule has 1 aromatic carbocycles. The minimum Gasteiger partial charge on any atom is -0.483 e. The zero-order valence-electron chi connectivity index (χ0n) is 12.8. The van der Waals surface area contributed by atoms with Crippen LogP contribution < -0.4 is 10.1 Å². The maximum Gasteiger partial charge on any atom is 0.416 e. The monoisotopic (exact) mass is 315 g/mol. The predicted molar refractivity (Wildman–Crippen MR) is 78.7 cm³/mol. The Morgan fingerprint density at radius 2 is 2.00 bits per heavy atom. The normalized spacial score (nSPS) is 18.2. The average Bonchev–Trinajstić information content (AvgIpc) is 2.41. The van der Waals surface area contributed by atoms with Gasteiger partial charge in [-0.2, -0.15) is 13.2 Å². The molecule has 0 saturated heterocycles. The minimum atomic E-state index is -4.39. The molecule has 1 atom stereocenters. The highest BCUT2D eigenvalue weighted by Gasteiger charge is 2.33. The molecule has 1 aromatic rings. The number of alkyl halides is 3. The van der Waals surface area contributed by atoms with E-state index in [0.29, 0.717) is 17.9 Å². The summed E-state index contributed by atoms with van der Waals surface area (Å²) in [6.45, 7) is 5.83.